The highest BCUT2D eigenvalue weighted by Gasteiger charge is 2.25. The quantitative estimate of drug-likeness (QED) is 0.915. The summed E-state index contributed by atoms with van der Waals surface area (Å²) in [6, 6.07) is 8.76. The standard InChI is InChI=1S/C16H18N2O3/c1-2-11-10-18(7-8-21-11)16(20)13-9-15(19)17-14-6-4-3-5-12(13)14/h3-6,9,11H,2,7-8,10H2,1H3,(H,17,19). The lowest BCUT2D eigenvalue weighted by Crippen LogP contribution is -2.45. The van der Waals surface area contributed by atoms with Gasteiger partial charge in [0.15, 0.2) is 0 Å². The molecule has 1 aliphatic rings. The van der Waals surface area contributed by atoms with Gasteiger partial charge in [0.2, 0.25) is 5.56 Å². The summed E-state index contributed by atoms with van der Waals surface area (Å²) in [5, 5.41) is 0.779. The second-order valence-electron chi connectivity index (χ2n) is 5.25. The summed E-state index contributed by atoms with van der Waals surface area (Å²) in [5.41, 5.74) is 0.900. The predicted octanol–water partition coefficient (Wildman–Crippen LogP) is 1.78. The minimum atomic E-state index is -0.252. The van der Waals surface area contributed by atoms with Gasteiger partial charge in [-0.2, -0.15) is 0 Å². The first-order chi connectivity index (χ1) is 10.2. The number of benzene rings is 1. The van der Waals surface area contributed by atoms with Crippen molar-refractivity contribution in [3.8, 4) is 0 Å². The van der Waals surface area contributed by atoms with E-state index in [0.29, 0.717) is 30.8 Å². The molecule has 0 aliphatic carbocycles. The molecule has 0 spiro atoms. The number of amides is 1. The summed E-state index contributed by atoms with van der Waals surface area (Å²) in [6.45, 7) is 3.74. The van der Waals surface area contributed by atoms with Gasteiger partial charge in [0.1, 0.15) is 0 Å². The molecule has 21 heavy (non-hydrogen) atoms. The van der Waals surface area contributed by atoms with Gasteiger partial charge in [0.05, 0.1) is 18.3 Å². The van der Waals surface area contributed by atoms with Crippen molar-refractivity contribution in [1.82, 2.24) is 9.88 Å². The molecule has 5 heteroatoms. The first-order valence-corrected chi connectivity index (χ1v) is 7.22. The maximum Gasteiger partial charge on any atom is 0.254 e. The minimum Gasteiger partial charge on any atom is -0.375 e. The Morgan fingerprint density at radius 1 is 1.43 bits per heavy atom. The van der Waals surface area contributed by atoms with Gasteiger partial charge in [0, 0.05) is 30.1 Å². The molecule has 1 unspecified atom stereocenters. The van der Waals surface area contributed by atoms with Gasteiger partial charge in [-0.25, -0.2) is 0 Å². The SMILES string of the molecule is CCC1CN(C(=O)c2cc(=O)[nH]c3ccccc23)CCO1. The van der Waals surface area contributed by atoms with Crippen molar-refractivity contribution in [2.45, 2.75) is 19.4 Å². The first-order valence-electron chi connectivity index (χ1n) is 7.22. The van der Waals surface area contributed by atoms with E-state index in [1.54, 1.807) is 4.90 Å². The lowest BCUT2D eigenvalue weighted by atomic mass is 10.1. The van der Waals surface area contributed by atoms with E-state index in [0.717, 1.165) is 11.8 Å². The number of aromatic amines is 1. The van der Waals surface area contributed by atoms with Crippen LogP contribution in [0.25, 0.3) is 10.9 Å². The number of carbonyl (C=O) groups excluding carboxylic acids is 1. The van der Waals surface area contributed by atoms with Gasteiger partial charge in [-0.15, -0.1) is 0 Å². The van der Waals surface area contributed by atoms with Crippen molar-refractivity contribution < 1.29 is 9.53 Å². The number of pyridine rings is 1. The number of morpholine rings is 1. The molecular formula is C16H18N2O3. The van der Waals surface area contributed by atoms with Crippen LogP contribution in [0.4, 0.5) is 0 Å². The Morgan fingerprint density at radius 2 is 2.24 bits per heavy atom. The third-order valence-corrected chi connectivity index (χ3v) is 3.86. The monoisotopic (exact) mass is 286 g/mol. The number of aromatic nitrogens is 1. The average molecular weight is 286 g/mol. The number of nitrogens with one attached hydrogen (secondary N) is 1. The average Bonchev–Trinajstić information content (AvgIpc) is 2.53. The fourth-order valence-electron chi connectivity index (χ4n) is 2.70. The molecule has 110 valence electrons. The molecule has 1 amide bonds. The van der Waals surface area contributed by atoms with E-state index in [4.69, 9.17) is 4.74 Å². The van der Waals surface area contributed by atoms with Crippen LogP contribution < -0.4 is 5.56 Å². The van der Waals surface area contributed by atoms with Gasteiger partial charge in [0.25, 0.3) is 5.91 Å². The largest absolute Gasteiger partial charge is 0.375 e. The Morgan fingerprint density at radius 3 is 3.05 bits per heavy atom. The molecule has 1 aliphatic heterocycles. The van der Waals surface area contributed by atoms with Gasteiger partial charge in [-0.3, -0.25) is 9.59 Å². The van der Waals surface area contributed by atoms with E-state index in [1.807, 2.05) is 31.2 Å². The molecule has 3 rings (SSSR count). The van der Waals surface area contributed by atoms with Crippen LogP contribution >= 0.6 is 0 Å². The van der Waals surface area contributed by atoms with Crippen LogP contribution in [-0.2, 0) is 4.74 Å². The molecule has 1 aromatic carbocycles. The lowest BCUT2D eigenvalue weighted by molar-refractivity contribution is -0.0225. The molecule has 5 nitrogen and oxygen atoms in total. The molecule has 0 saturated carbocycles. The number of hydrogen-bond donors (Lipinski definition) is 1. The molecule has 1 atom stereocenters. The van der Waals surface area contributed by atoms with Crippen LogP contribution in [0.15, 0.2) is 35.1 Å². The zero-order chi connectivity index (χ0) is 14.8. The summed E-state index contributed by atoms with van der Waals surface area (Å²) in [5.74, 6) is -0.0981. The second kappa shape index (κ2) is 5.69. The first kappa shape index (κ1) is 13.8. The molecule has 1 saturated heterocycles. The van der Waals surface area contributed by atoms with E-state index in [9.17, 15) is 9.59 Å². The van der Waals surface area contributed by atoms with Crippen molar-refractivity contribution in [3.63, 3.8) is 0 Å². The summed E-state index contributed by atoms with van der Waals surface area (Å²) in [6.07, 6.45) is 0.954. The number of rotatable bonds is 2. The molecule has 1 N–H and O–H groups in total. The Labute approximate surface area is 122 Å². The van der Waals surface area contributed by atoms with E-state index in [1.165, 1.54) is 6.07 Å². The molecule has 0 radical (unpaired) electrons. The van der Waals surface area contributed by atoms with Crippen molar-refractivity contribution in [3.05, 3.63) is 46.2 Å². The number of ether oxygens (including phenoxy) is 1. The van der Waals surface area contributed by atoms with E-state index < -0.39 is 0 Å². The van der Waals surface area contributed by atoms with E-state index >= 15 is 0 Å². The van der Waals surface area contributed by atoms with E-state index in [-0.39, 0.29) is 17.6 Å². The summed E-state index contributed by atoms with van der Waals surface area (Å²) < 4.78 is 5.59. The highest BCUT2D eigenvalue weighted by atomic mass is 16.5. The Bertz CT molecular complexity index is 723. The summed E-state index contributed by atoms with van der Waals surface area (Å²) >= 11 is 0. The molecule has 2 heterocycles. The Kier molecular flexibility index (Phi) is 3.75. The summed E-state index contributed by atoms with van der Waals surface area (Å²) in [4.78, 5) is 29.0. The van der Waals surface area contributed by atoms with Crippen LogP contribution in [0.5, 0.6) is 0 Å². The normalized spacial score (nSPS) is 18.9. The molecule has 2 aromatic rings. The Balaban J connectivity index is 1.99. The van der Waals surface area contributed by atoms with E-state index in [2.05, 4.69) is 4.98 Å². The third kappa shape index (κ3) is 2.69. The fourth-order valence-corrected chi connectivity index (χ4v) is 2.70. The number of fused-ring (bicyclic) bond motifs is 1. The molecule has 0 bridgehead atoms. The molecule has 1 aromatic heterocycles. The second-order valence-corrected chi connectivity index (χ2v) is 5.25. The number of carbonyl (C=O) groups is 1. The molecular weight excluding hydrogens is 268 g/mol. The van der Waals surface area contributed by atoms with Gasteiger partial charge < -0.3 is 14.6 Å². The fraction of sp³-hybridized carbons (Fsp3) is 0.375. The van der Waals surface area contributed by atoms with Crippen LogP contribution in [0.2, 0.25) is 0 Å². The van der Waals surface area contributed by atoms with Gasteiger partial charge in [-0.05, 0) is 12.5 Å². The smallest absolute Gasteiger partial charge is 0.254 e. The van der Waals surface area contributed by atoms with Crippen LogP contribution in [-0.4, -0.2) is 41.6 Å². The zero-order valence-electron chi connectivity index (χ0n) is 12.0. The van der Waals surface area contributed by atoms with Crippen LogP contribution in [0.1, 0.15) is 23.7 Å². The van der Waals surface area contributed by atoms with Crippen LogP contribution in [0.3, 0.4) is 0 Å². The van der Waals surface area contributed by atoms with Crippen molar-refractivity contribution >= 4 is 16.8 Å². The zero-order valence-corrected chi connectivity index (χ0v) is 12.0. The van der Waals surface area contributed by atoms with Gasteiger partial charge in [-0.1, -0.05) is 25.1 Å². The summed E-state index contributed by atoms with van der Waals surface area (Å²) in [7, 11) is 0. The number of nitrogens with zero attached hydrogens (tertiary/aromatic N) is 1. The lowest BCUT2D eigenvalue weighted by Gasteiger charge is -2.32. The van der Waals surface area contributed by atoms with Crippen molar-refractivity contribution in [2.75, 3.05) is 19.7 Å². The topological polar surface area (TPSA) is 62.4 Å². The van der Waals surface area contributed by atoms with Crippen LogP contribution in [0, 0.1) is 0 Å². The molecule has 1 fully saturated rings. The minimum absolute atomic E-state index is 0.0796. The predicted molar refractivity (Wildman–Crippen MR) is 80.5 cm³/mol. The number of H-pyrrole nitrogens is 1. The highest BCUT2D eigenvalue weighted by Crippen LogP contribution is 2.18. The maximum absolute atomic E-state index is 12.7. The van der Waals surface area contributed by atoms with Crippen molar-refractivity contribution in [1.29, 1.82) is 0 Å². The number of hydrogen-bond acceptors (Lipinski definition) is 3. The maximum atomic E-state index is 12.7. The van der Waals surface area contributed by atoms with Gasteiger partial charge >= 0.3 is 0 Å². The highest BCUT2D eigenvalue weighted by molar-refractivity contribution is 6.05. The Hall–Kier alpha value is -2.14. The van der Waals surface area contributed by atoms with Crippen molar-refractivity contribution in [2.24, 2.45) is 0 Å². The number of para-hydroxylation sites is 1. The third-order valence-electron chi connectivity index (χ3n) is 3.86.